The van der Waals surface area contributed by atoms with Gasteiger partial charge in [0, 0.05) is 16.8 Å². The number of amides is 2. The number of aryl methyl sites for hydroxylation is 1. The summed E-state index contributed by atoms with van der Waals surface area (Å²) in [7, 11) is 0. The number of nitrogens with one attached hydrogen (secondary N) is 2. The topological polar surface area (TPSA) is 84.0 Å². The van der Waals surface area contributed by atoms with Gasteiger partial charge in [0.2, 0.25) is 11.8 Å². The van der Waals surface area contributed by atoms with Crippen LogP contribution in [0, 0.1) is 0 Å². The van der Waals surface area contributed by atoms with Gasteiger partial charge >= 0.3 is 0 Å². The number of carbonyl (C=O) groups excluding carboxylic acids is 2. The molecule has 2 aromatic heterocycles. The molecule has 0 aliphatic rings. The molecule has 2 N–H and O–H groups in total. The first-order valence-corrected chi connectivity index (χ1v) is 9.78. The van der Waals surface area contributed by atoms with Gasteiger partial charge in [0.05, 0.1) is 5.75 Å². The van der Waals surface area contributed by atoms with E-state index in [-0.39, 0.29) is 17.6 Å². The molecule has 2 heterocycles. The van der Waals surface area contributed by atoms with Crippen LogP contribution in [0.2, 0.25) is 0 Å². The second kappa shape index (κ2) is 8.98. The van der Waals surface area contributed by atoms with Gasteiger partial charge in [-0.15, -0.1) is 11.3 Å². The lowest BCUT2D eigenvalue weighted by atomic mass is 10.3. The molecule has 0 fully saturated rings. The second-order valence-corrected chi connectivity index (χ2v) is 7.41. The van der Waals surface area contributed by atoms with Gasteiger partial charge in [-0.05, 0) is 25.8 Å². The summed E-state index contributed by atoms with van der Waals surface area (Å²) in [5, 5.41) is 7.27. The van der Waals surface area contributed by atoms with Crippen molar-refractivity contribution in [2.24, 2.45) is 0 Å². The number of thiophene rings is 1. The largest absolute Gasteiger partial charge is 0.354 e. The van der Waals surface area contributed by atoms with Crippen molar-refractivity contribution in [2.75, 3.05) is 12.3 Å². The molecule has 2 amide bonds. The minimum atomic E-state index is -0.539. The van der Waals surface area contributed by atoms with Crippen LogP contribution >= 0.6 is 23.1 Å². The molecule has 0 radical (unpaired) electrons. The summed E-state index contributed by atoms with van der Waals surface area (Å²) in [6.45, 7) is 6.38. The highest BCUT2D eigenvalue weighted by molar-refractivity contribution is 8.00. The lowest BCUT2D eigenvalue weighted by molar-refractivity contribution is -0.127. The Bertz CT molecular complexity index is 717. The van der Waals surface area contributed by atoms with E-state index in [1.807, 2.05) is 6.92 Å². The van der Waals surface area contributed by atoms with Crippen LogP contribution in [0.5, 0.6) is 0 Å². The summed E-state index contributed by atoms with van der Waals surface area (Å²) < 4.78 is 0. The minimum Gasteiger partial charge on any atom is -0.354 e. The van der Waals surface area contributed by atoms with Crippen LogP contribution in [0.25, 0.3) is 10.2 Å². The van der Waals surface area contributed by atoms with Crippen molar-refractivity contribution in [2.45, 2.75) is 44.7 Å². The molecule has 6 nitrogen and oxygen atoms in total. The highest BCUT2D eigenvalue weighted by Crippen LogP contribution is 2.30. The van der Waals surface area contributed by atoms with Gasteiger partial charge in [-0.1, -0.05) is 25.6 Å². The van der Waals surface area contributed by atoms with Crippen LogP contribution in [-0.2, 0) is 16.0 Å². The highest BCUT2D eigenvalue weighted by atomic mass is 32.2. The fourth-order valence-corrected chi connectivity index (χ4v) is 3.84. The quantitative estimate of drug-likeness (QED) is 0.553. The maximum Gasteiger partial charge on any atom is 0.242 e. The third kappa shape index (κ3) is 4.91. The number of fused-ring (bicyclic) bond motifs is 1. The van der Waals surface area contributed by atoms with Crippen LogP contribution in [-0.4, -0.2) is 40.1 Å². The Morgan fingerprint density at radius 2 is 2.12 bits per heavy atom. The summed E-state index contributed by atoms with van der Waals surface area (Å²) in [6, 6.07) is 1.55. The number of carbonyl (C=O) groups is 2. The molecule has 0 spiro atoms. The average Bonchev–Trinajstić information content (AvgIpc) is 3.01. The van der Waals surface area contributed by atoms with Crippen molar-refractivity contribution in [1.82, 2.24) is 20.6 Å². The third-order valence-corrected chi connectivity index (χ3v) is 5.55. The Morgan fingerprint density at radius 1 is 1.33 bits per heavy atom. The molecule has 0 bridgehead atoms. The number of rotatable bonds is 8. The molecule has 1 atom stereocenters. The van der Waals surface area contributed by atoms with Crippen LogP contribution in [0.4, 0.5) is 0 Å². The summed E-state index contributed by atoms with van der Waals surface area (Å²) in [4.78, 5) is 34.6. The maximum absolute atomic E-state index is 12.0. The maximum atomic E-state index is 12.0. The minimum absolute atomic E-state index is 0.162. The van der Waals surface area contributed by atoms with E-state index >= 15 is 0 Å². The van der Waals surface area contributed by atoms with E-state index in [1.165, 1.54) is 23.0 Å². The van der Waals surface area contributed by atoms with E-state index in [0.29, 0.717) is 6.54 Å². The van der Waals surface area contributed by atoms with Crippen molar-refractivity contribution in [3.05, 3.63) is 17.3 Å². The molecule has 0 saturated carbocycles. The molecule has 2 aromatic rings. The van der Waals surface area contributed by atoms with Crippen molar-refractivity contribution in [1.29, 1.82) is 0 Å². The van der Waals surface area contributed by atoms with Crippen LogP contribution in [0.1, 0.15) is 32.1 Å². The standard InChI is InChI=1S/C16H22N4O2S2/c1-4-6-17-14(22)10(3)20-13(21)8-23-15-12-7-11(5-2)24-16(12)19-9-18-15/h7,9-10H,4-6,8H2,1-3H3,(H,17,22)(H,20,21)/t10-/m0/s1. The van der Waals surface area contributed by atoms with Crippen molar-refractivity contribution >= 4 is 45.1 Å². The van der Waals surface area contributed by atoms with Gasteiger partial charge in [-0.3, -0.25) is 9.59 Å². The molecule has 130 valence electrons. The van der Waals surface area contributed by atoms with Gasteiger partial charge in [-0.25, -0.2) is 9.97 Å². The first-order valence-electron chi connectivity index (χ1n) is 7.98. The lowest BCUT2D eigenvalue weighted by Gasteiger charge is -2.13. The van der Waals surface area contributed by atoms with Gasteiger partial charge in [0.1, 0.15) is 22.2 Å². The highest BCUT2D eigenvalue weighted by Gasteiger charge is 2.16. The fourth-order valence-electron chi connectivity index (χ4n) is 2.06. The van der Waals surface area contributed by atoms with Crippen molar-refractivity contribution in [3.63, 3.8) is 0 Å². The molecule has 0 unspecified atom stereocenters. The molecular formula is C16H22N4O2S2. The molecular weight excluding hydrogens is 344 g/mol. The van der Waals surface area contributed by atoms with E-state index in [2.05, 4.69) is 33.6 Å². The van der Waals surface area contributed by atoms with Crippen LogP contribution in [0.3, 0.4) is 0 Å². The zero-order chi connectivity index (χ0) is 17.5. The van der Waals surface area contributed by atoms with Gasteiger partial charge in [0.15, 0.2) is 0 Å². The molecule has 0 aliphatic carbocycles. The summed E-state index contributed by atoms with van der Waals surface area (Å²) >= 11 is 3.02. The van der Waals surface area contributed by atoms with Gasteiger partial charge in [0.25, 0.3) is 0 Å². The van der Waals surface area contributed by atoms with Gasteiger partial charge in [-0.2, -0.15) is 0 Å². The predicted molar refractivity (Wildman–Crippen MR) is 98.4 cm³/mol. The summed E-state index contributed by atoms with van der Waals surface area (Å²) in [6.07, 6.45) is 3.35. The molecule has 24 heavy (non-hydrogen) atoms. The summed E-state index contributed by atoms with van der Waals surface area (Å²) in [5.41, 5.74) is 0. The Morgan fingerprint density at radius 3 is 2.83 bits per heavy atom. The molecule has 2 rings (SSSR count). The Hall–Kier alpha value is -1.67. The SMILES string of the molecule is CCCNC(=O)[C@H](C)NC(=O)CSc1ncnc2sc(CC)cc12. The zero-order valence-corrected chi connectivity index (χ0v) is 15.7. The number of hydrogen-bond acceptors (Lipinski definition) is 6. The average molecular weight is 367 g/mol. The second-order valence-electron chi connectivity index (χ2n) is 5.33. The smallest absolute Gasteiger partial charge is 0.242 e. The Kier molecular flexibility index (Phi) is 6.99. The molecule has 0 aromatic carbocycles. The van der Waals surface area contributed by atoms with Crippen molar-refractivity contribution < 1.29 is 9.59 Å². The zero-order valence-electron chi connectivity index (χ0n) is 14.1. The first-order chi connectivity index (χ1) is 11.5. The number of nitrogens with zero attached hydrogens (tertiary/aromatic N) is 2. The Labute approximate surface area is 149 Å². The van der Waals surface area contributed by atoms with Gasteiger partial charge < -0.3 is 10.6 Å². The van der Waals surface area contributed by atoms with E-state index in [4.69, 9.17) is 0 Å². The van der Waals surface area contributed by atoms with E-state index in [1.54, 1.807) is 18.3 Å². The number of hydrogen-bond donors (Lipinski definition) is 2. The van der Waals surface area contributed by atoms with E-state index in [0.717, 1.165) is 28.1 Å². The Balaban J connectivity index is 1.92. The first kappa shape index (κ1) is 18.7. The molecule has 8 heteroatoms. The van der Waals surface area contributed by atoms with Crippen LogP contribution < -0.4 is 10.6 Å². The van der Waals surface area contributed by atoms with Crippen LogP contribution in [0.15, 0.2) is 17.4 Å². The van der Waals surface area contributed by atoms with E-state index in [9.17, 15) is 9.59 Å². The fraction of sp³-hybridized carbons (Fsp3) is 0.500. The monoisotopic (exact) mass is 366 g/mol. The van der Waals surface area contributed by atoms with Crippen molar-refractivity contribution in [3.8, 4) is 0 Å². The third-order valence-electron chi connectivity index (χ3n) is 3.35. The number of thioether (sulfide) groups is 1. The summed E-state index contributed by atoms with van der Waals surface area (Å²) in [5.74, 6) is -0.128. The molecule has 0 aliphatic heterocycles. The molecule has 0 saturated heterocycles. The number of aromatic nitrogens is 2. The normalized spacial score (nSPS) is 12.1. The lowest BCUT2D eigenvalue weighted by Crippen LogP contribution is -2.45. The predicted octanol–water partition coefficient (Wildman–Crippen LogP) is 2.38. The van der Waals surface area contributed by atoms with E-state index < -0.39 is 6.04 Å².